The number of carboxylic acids is 2. The van der Waals surface area contributed by atoms with Gasteiger partial charge in [0.25, 0.3) is 0 Å². The van der Waals surface area contributed by atoms with Gasteiger partial charge in [-0.1, -0.05) is 0 Å². The Balaban J connectivity index is -0.000000405. The van der Waals surface area contributed by atoms with Gasteiger partial charge in [-0.2, -0.15) is 0 Å². The van der Waals surface area contributed by atoms with Crippen LogP contribution in [0.5, 0.6) is 0 Å². The molecule has 0 aromatic carbocycles. The van der Waals surface area contributed by atoms with E-state index in [2.05, 4.69) is 0 Å². The number of rotatable bonds is 4. The molecule has 0 saturated heterocycles. The molecule has 0 amide bonds. The molecule has 0 aromatic rings. The van der Waals surface area contributed by atoms with Crippen LogP contribution in [0.3, 0.4) is 0 Å². The molecule has 0 rings (SSSR count). The zero-order valence-electron chi connectivity index (χ0n) is 7.15. The van der Waals surface area contributed by atoms with E-state index >= 15 is 0 Å². The topological polar surface area (TPSA) is 94.8 Å². The van der Waals surface area contributed by atoms with Gasteiger partial charge in [0.2, 0.25) is 0 Å². The standard InChI is InChI=1S/C5H8O5.2Na/c6-3(5(9)10)1-2-4(7)8;;/h3,6H,1-2H2,(H,7,8)(H,9,10);;/t3-;;/m1../s1. The van der Waals surface area contributed by atoms with Crippen LogP contribution in [0, 0.1) is 0 Å². The predicted molar refractivity (Wildman–Crippen MR) is 42.0 cm³/mol. The van der Waals surface area contributed by atoms with Crippen LogP contribution < -0.4 is 0 Å². The van der Waals surface area contributed by atoms with E-state index in [-0.39, 0.29) is 72.0 Å². The molecule has 0 saturated carbocycles. The average molecular weight is 194 g/mol. The molecule has 60 valence electrons. The fraction of sp³-hybridized carbons (Fsp3) is 0.600. The Kier molecular flexibility index (Phi) is 15.5. The van der Waals surface area contributed by atoms with E-state index in [4.69, 9.17) is 15.3 Å². The van der Waals surface area contributed by atoms with Crippen molar-refractivity contribution in [1.82, 2.24) is 0 Å². The maximum absolute atomic E-state index is 9.87. The molecular weight excluding hydrogens is 186 g/mol. The Labute approximate surface area is 114 Å². The molecule has 0 unspecified atom stereocenters. The van der Waals surface area contributed by atoms with Gasteiger partial charge < -0.3 is 15.3 Å². The van der Waals surface area contributed by atoms with Gasteiger partial charge in [0, 0.05) is 65.5 Å². The number of carboxylic acid groups (broad SMARTS) is 2. The molecule has 0 fully saturated rings. The minimum absolute atomic E-state index is 0. The molecule has 0 aliphatic rings. The van der Waals surface area contributed by atoms with Crippen molar-refractivity contribution >= 4 is 71.1 Å². The van der Waals surface area contributed by atoms with E-state index in [0.717, 1.165) is 0 Å². The Morgan fingerprint density at radius 2 is 1.58 bits per heavy atom. The van der Waals surface area contributed by atoms with Crippen LogP contribution in [0.15, 0.2) is 0 Å². The number of aliphatic hydroxyl groups excluding tert-OH is 1. The van der Waals surface area contributed by atoms with Crippen molar-refractivity contribution in [2.75, 3.05) is 0 Å². The van der Waals surface area contributed by atoms with Crippen LogP contribution in [-0.2, 0) is 9.59 Å². The van der Waals surface area contributed by atoms with E-state index in [1.165, 1.54) is 0 Å². The summed E-state index contributed by atoms with van der Waals surface area (Å²) >= 11 is 0. The smallest absolute Gasteiger partial charge is 0.332 e. The fourth-order valence-corrected chi connectivity index (χ4v) is 0.384. The summed E-state index contributed by atoms with van der Waals surface area (Å²) in [5.41, 5.74) is 0. The van der Waals surface area contributed by atoms with Crippen LogP contribution in [-0.4, -0.2) is 92.5 Å². The van der Waals surface area contributed by atoms with E-state index < -0.39 is 18.0 Å². The zero-order valence-corrected chi connectivity index (χ0v) is 11.1. The molecule has 0 aliphatic carbocycles. The quantitative estimate of drug-likeness (QED) is 0.475. The third-order valence-electron chi connectivity index (χ3n) is 0.917. The van der Waals surface area contributed by atoms with Crippen molar-refractivity contribution in [2.45, 2.75) is 18.9 Å². The molecule has 0 aromatic heterocycles. The molecule has 0 aliphatic heterocycles. The summed E-state index contributed by atoms with van der Waals surface area (Å²) < 4.78 is 0. The number of hydrogen-bond acceptors (Lipinski definition) is 3. The van der Waals surface area contributed by atoms with Crippen LogP contribution in [0.25, 0.3) is 0 Å². The molecular formula is C5H8Na2O5. The van der Waals surface area contributed by atoms with Gasteiger partial charge in [-0.15, -0.1) is 0 Å². The summed E-state index contributed by atoms with van der Waals surface area (Å²) in [7, 11) is 0. The summed E-state index contributed by atoms with van der Waals surface area (Å²) in [5.74, 6) is -2.50. The van der Waals surface area contributed by atoms with E-state index in [1.54, 1.807) is 0 Å². The molecule has 0 heterocycles. The first-order valence-electron chi connectivity index (χ1n) is 2.66. The van der Waals surface area contributed by atoms with Crippen molar-refractivity contribution in [3.8, 4) is 0 Å². The fourth-order valence-electron chi connectivity index (χ4n) is 0.384. The maximum atomic E-state index is 9.87. The Bertz CT molecular complexity index is 149. The molecule has 0 bridgehead atoms. The van der Waals surface area contributed by atoms with Gasteiger partial charge in [0.15, 0.2) is 6.10 Å². The summed E-state index contributed by atoms with van der Waals surface area (Å²) in [6.45, 7) is 0. The predicted octanol–water partition coefficient (Wildman–Crippen LogP) is -1.46. The zero-order chi connectivity index (χ0) is 8.15. The largest absolute Gasteiger partial charge is 0.481 e. The second-order valence-corrected chi connectivity index (χ2v) is 1.79. The Morgan fingerprint density at radius 3 is 1.83 bits per heavy atom. The van der Waals surface area contributed by atoms with Crippen molar-refractivity contribution in [2.24, 2.45) is 0 Å². The summed E-state index contributed by atoms with van der Waals surface area (Å²) in [4.78, 5) is 19.7. The second kappa shape index (κ2) is 9.98. The molecule has 7 heteroatoms. The number of carbonyl (C=O) groups is 2. The van der Waals surface area contributed by atoms with Gasteiger partial charge in [-0.05, 0) is 6.42 Å². The molecule has 2 radical (unpaired) electrons. The van der Waals surface area contributed by atoms with Crippen molar-refractivity contribution < 1.29 is 24.9 Å². The molecule has 12 heavy (non-hydrogen) atoms. The average Bonchev–Trinajstić information content (AvgIpc) is 1.82. The Hall–Kier alpha value is 0.900. The van der Waals surface area contributed by atoms with E-state index in [9.17, 15) is 9.59 Å². The molecule has 0 spiro atoms. The van der Waals surface area contributed by atoms with Gasteiger partial charge in [0.05, 0.1) is 0 Å². The van der Waals surface area contributed by atoms with Crippen molar-refractivity contribution in [3.05, 3.63) is 0 Å². The van der Waals surface area contributed by atoms with Crippen LogP contribution in [0.2, 0.25) is 0 Å². The number of aliphatic carboxylic acids is 2. The van der Waals surface area contributed by atoms with Gasteiger partial charge in [-0.25, -0.2) is 4.79 Å². The molecule has 5 nitrogen and oxygen atoms in total. The maximum Gasteiger partial charge on any atom is 0.332 e. The number of hydrogen-bond donors (Lipinski definition) is 3. The van der Waals surface area contributed by atoms with Crippen molar-refractivity contribution in [1.29, 1.82) is 0 Å². The minimum atomic E-state index is -1.56. The van der Waals surface area contributed by atoms with Crippen LogP contribution >= 0.6 is 0 Å². The second-order valence-electron chi connectivity index (χ2n) is 1.79. The van der Waals surface area contributed by atoms with Gasteiger partial charge >= 0.3 is 11.9 Å². The minimum Gasteiger partial charge on any atom is -0.481 e. The molecule has 3 N–H and O–H groups in total. The van der Waals surface area contributed by atoms with Crippen LogP contribution in [0.4, 0.5) is 0 Å². The normalized spacial score (nSPS) is 10.4. The third kappa shape index (κ3) is 10.9. The first kappa shape index (κ1) is 18.6. The number of aliphatic hydroxyl groups is 1. The first-order valence-corrected chi connectivity index (χ1v) is 2.66. The summed E-state index contributed by atoms with van der Waals surface area (Å²) in [5, 5.41) is 24.6. The SMILES string of the molecule is O=C(O)CC[C@@H](O)C(=O)O.[Na].[Na]. The Morgan fingerprint density at radius 1 is 1.17 bits per heavy atom. The molecule has 1 atom stereocenters. The first-order chi connectivity index (χ1) is 4.54. The van der Waals surface area contributed by atoms with Crippen molar-refractivity contribution in [3.63, 3.8) is 0 Å². The summed E-state index contributed by atoms with van der Waals surface area (Å²) in [6, 6.07) is 0. The van der Waals surface area contributed by atoms with E-state index in [0.29, 0.717) is 0 Å². The third-order valence-corrected chi connectivity index (χ3v) is 0.917. The van der Waals surface area contributed by atoms with Gasteiger partial charge in [-0.3, -0.25) is 4.79 Å². The monoisotopic (exact) mass is 194 g/mol. The van der Waals surface area contributed by atoms with Gasteiger partial charge in [0.1, 0.15) is 0 Å². The summed E-state index contributed by atoms with van der Waals surface area (Å²) in [6.07, 6.45) is -2.13. The van der Waals surface area contributed by atoms with Crippen LogP contribution in [0.1, 0.15) is 12.8 Å². The van der Waals surface area contributed by atoms with E-state index in [1.807, 2.05) is 0 Å².